The van der Waals surface area contributed by atoms with E-state index in [1.165, 1.54) is 13.1 Å². The summed E-state index contributed by atoms with van der Waals surface area (Å²) in [4.78, 5) is 73.5. The second-order valence-corrected chi connectivity index (χ2v) is 20.5. The largest absolute Gasteiger partial charge is 0.778 e. The van der Waals surface area contributed by atoms with Crippen molar-refractivity contribution in [3.05, 3.63) is 110 Å². The number of hydrogen-bond donors (Lipinski definition) is 3. The molecule has 1 aromatic heterocycles. The number of carboxylic acids is 1. The average Bonchev–Trinajstić information content (AvgIpc) is 3.94. The number of carbonyl (C=O) groups excluding carboxylic acids is 3. The molecular weight excluding hydrogens is 1010 g/mol. The van der Waals surface area contributed by atoms with Gasteiger partial charge in [-0.2, -0.15) is 26.3 Å². The maximum absolute atomic E-state index is 12.8. The van der Waals surface area contributed by atoms with Crippen LogP contribution in [0.1, 0.15) is 68.8 Å². The number of nitro groups is 1. The van der Waals surface area contributed by atoms with Gasteiger partial charge in [0.15, 0.2) is 28.0 Å². The Kier molecular flexibility index (Phi) is 21.7. The molecule has 19 nitrogen and oxygen atoms in total. The second-order valence-electron chi connectivity index (χ2n) is 14.1. The van der Waals surface area contributed by atoms with Gasteiger partial charge in [0.2, 0.25) is 0 Å². The minimum atomic E-state index is -4.71. The van der Waals surface area contributed by atoms with Crippen molar-refractivity contribution in [1.29, 1.82) is 0 Å². The molecule has 1 aliphatic carbocycles. The van der Waals surface area contributed by atoms with Gasteiger partial charge in [0.05, 0.1) is 75.9 Å². The van der Waals surface area contributed by atoms with E-state index < -0.39 is 105 Å². The summed E-state index contributed by atoms with van der Waals surface area (Å²) in [5.41, 5.74) is -3.53. The van der Waals surface area contributed by atoms with E-state index in [1.54, 1.807) is 0 Å². The Balaban J connectivity index is 0.000000370. The van der Waals surface area contributed by atoms with Gasteiger partial charge >= 0.3 is 30.3 Å². The van der Waals surface area contributed by atoms with Crippen LogP contribution in [0.5, 0.6) is 11.5 Å². The molecule has 0 saturated heterocycles. The molecule has 0 radical (unpaired) electrons. The van der Waals surface area contributed by atoms with Gasteiger partial charge < -0.3 is 38.2 Å². The van der Waals surface area contributed by atoms with E-state index in [2.05, 4.69) is 28.7 Å². The number of nitro benzene ring substituents is 1. The van der Waals surface area contributed by atoms with Crippen LogP contribution >= 0.6 is 19.2 Å². The van der Waals surface area contributed by atoms with Gasteiger partial charge in [0, 0.05) is 29.9 Å². The number of alkyl halides is 6. The molecule has 3 aromatic carbocycles. The highest BCUT2D eigenvalue weighted by Gasteiger charge is 2.36. The number of carbonyl (C=O) groups is 4. The monoisotopic (exact) mass is 1050 g/mol. The van der Waals surface area contributed by atoms with Crippen molar-refractivity contribution in [3.8, 4) is 11.5 Å². The van der Waals surface area contributed by atoms with Gasteiger partial charge in [-0.1, -0.05) is 16.8 Å². The maximum Gasteiger partial charge on any atom is 0.416 e. The van der Waals surface area contributed by atoms with E-state index in [4.69, 9.17) is 35.6 Å². The van der Waals surface area contributed by atoms with Crippen LogP contribution in [0.15, 0.2) is 70.2 Å². The van der Waals surface area contributed by atoms with Gasteiger partial charge in [0.25, 0.3) is 5.69 Å². The molecule has 68 heavy (non-hydrogen) atoms. The zero-order valence-electron chi connectivity index (χ0n) is 36.0. The minimum absolute atomic E-state index is 0.0441. The predicted octanol–water partition coefficient (Wildman–Crippen LogP) is 6.64. The summed E-state index contributed by atoms with van der Waals surface area (Å²) in [5, 5.41) is 24.3. The van der Waals surface area contributed by atoms with E-state index in [0.717, 1.165) is 55.5 Å². The van der Waals surface area contributed by atoms with Crippen molar-refractivity contribution in [1.82, 2.24) is 10.5 Å². The van der Waals surface area contributed by atoms with Crippen molar-refractivity contribution < 1.29 is 97.1 Å². The molecule has 1 heterocycles. The number of rotatable bonds is 15. The summed E-state index contributed by atoms with van der Waals surface area (Å²) in [6, 6.07) is 7.40. The zero-order chi connectivity index (χ0) is 51.9. The molecule has 1 saturated carbocycles. The molecule has 3 N–H and O–H groups in total. The van der Waals surface area contributed by atoms with Crippen LogP contribution in [0, 0.1) is 10.1 Å². The van der Waals surface area contributed by atoms with Gasteiger partial charge in [-0.05, 0) is 73.1 Å². The first-order valence-corrected chi connectivity index (χ1v) is 25.3. The lowest BCUT2D eigenvalue weighted by Gasteiger charge is -2.14. The topological polar surface area (TPSA) is 292 Å². The molecule has 29 heteroatoms. The van der Waals surface area contributed by atoms with Crippen molar-refractivity contribution >= 4 is 69.3 Å². The highest BCUT2D eigenvalue weighted by molar-refractivity contribution is 7.94. The summed E-state index contributed by atoms with van der Waals surface area (Å²) in [5.74, 6) is -3.85. The van der Waals surface area contributed by atoms with E-state index in [0.29, 0.717) is 34.9 Å². The van der Waals surface area contributed by atoms with Gasteiger partial charge in [-0.15, -0.1) is 0 Å². The molecule has 1 unspecified atom stereocenters. The van der Waals surface area contributed by atoms with Crippen molar-refractivity contribution in [2.45, 2.75) is 42.9 Å². The number of ketones is 1. The summed E-state index contributed by atoms with van der Waals surface area (Å²) >= 11 is 5.81. The Morgan fingerprint density at radius 3 is 2.01 bits per heavy atom. The number of esters is 2. The molecule has 1 atom stereocenters. The number of nitrogens with one attached hydrogen (secondary N) is 1. The van der Waals surface area contributed by atoms with Crippen LogP contribution in [0.3, 0.4) is 0 Å². The first-order valence-electron chi connectivity index (χ1n) is 18.8. The van der Waals surface area contributed by atoms with E-state index in [9.17, 15) is 73.5 Å². The third-order valence-electron chi connectivity index (χ3n) is 7.83. The number of hydrogen-bond acceptors (Lipinski definition) is 16. The normalized spacial score (nSPS) is 13.2. The fraction of sp³-hybridized carbons (Fsp3) is 0.359. The van der Waals surface area contributed by atoms with Crippen LogP contribution in [-0.2, 0) is 56.7 Å². The van der Waals surface area contributed by atoms with E-state index in [1.807, 2.05) is 5.32 Å². The number of aliphatic carboxylic acids is 1. The van der Waals surface area contributed by atoms with Crippen molar-refractivity contribution in [2.24, 2.45) is 0 Å². The first kappa shape index (κ1) is 58.6. The molecular formula is C39H41ClF6N3O16PS2. The number of sulfone groups is 1. The Morgan fingerprint density at radius 1 is 0.956 bits per heavy atom. The van der Waals surface area contributed by atoms with Crippen LogP contribution in [-0.4, -0.2) is 103 Å². The maximum atomic E-state index is 12.8. The first-order chi connectivity index (χ1) is 31.3. The molecule has 374 valence electrons. The highest BCUT2D eigenvalue weighted by Crippen LogP contribution is 2.43. The van der Waals surface area contributed by atoms with Gasteiger partial charge in [0.1, 0.15) is 24.7 Å². The van der Waals surface area contributed by atoms with Crippen LogP contribution in [0.2, 0.25) is 5.02 Å². The van der Waals surface area contributed by atoms with Crippen LogP contribution in [0.25, 0.3) is 0 Å². The zero-order valence-corrected chi connectivity index (χ0v) is 39.3. The predicted molar refractivity (Wildman–Crippen MR) is 228 cm³/mol. The smallest absolute Gasteiger partial charge is 0.416 e. The fourth-order valence-corrected chi connectivity index (χ4v) is 6.41. The standard InChI is InChI=1S/C18H13ClF3NO7.C15H12F3NO4S.C3H8NO5P.C3H9S/c1-2-28-16(24)9-29-17(25)12-8-11(4-5-14(12)23(26)27)30-15-6-3-10(7-13(15)19)18(20,21)22;1-24(21,22)12-6-9(15(16,17)18)4-5-10(12)13(20)11-7-19-23-14(11)8-2-3-8;5-3(6)1-4-2-10(7,8)9;1-4(2)3/h3-8H,2,9H2,1H3;4-8H,2-3H2,1H3;4H,1-2H2,(H,5,6)(H2,7,8,9);1-3H3/q;;;+1/p-1. The number of benzene rings is 3. The SMILES string of the molecule is CCOC(=O)COC(=O)c1cc(Oc2ccc(C(F)(F)F)cc2Cl)ccc1[N+](=O)[O-].CS(=O)(=O)c1cc(C(F)(F)F)ccc1C(=O)c1cnoc1C1CC1.C[S+](C)C.O=C(O)CNCP(=O)([O-])O. The molecule has 5 rings (SSSR count). The third-order valence-corrected chi connectivity index (χ3v) is 9.89. The second kappa shape index (κ2) is 25.2. The third kappa shape index (κ3) is 20.0. The Hall–Kier alpha value is -5.57. The fourth-order valence-electron chi connectivity index (χ4n) is 4.89. The molecule has 0 amide bonds. The summed E-state index contributed by atoms with van der Waals surface area (Å²) in [7, 11) is -7.75. The highest BCUT2D eigenvalue weighted by atomic mass is 35.5. The lowest BCUT2D eigenvalue weighted by atomic mass is 10.0. The number of halogens is 7. The van der Waals surface area contributed by atoms with Crippen molar-refractivity contribution in [2.75, 3.05) is 51.1 Å². The van der Waals surface area contributed by atoms with Crippen LogP contribution < -0.4 is 14.9 Å². The summed E-state index contributed by atoms with van der Waals surface area (Å²) in [6.07, 6.45) is 0.124. The molecule has 0 bridgehead atoms. The molecule has 0 aliphatic heterocycles. The quantitative estimate of drug-likeness (QED) is 0.0214. The summed E-state index contributed by atoms with van der Waals surface area (Å²) < 4.78 is 130. The van der Waals surface area contributed by atoms with E-state index in [-0.39, 0.29) is 40.2 Å². The molecule has 4 aromatic rings. The number of aromatic nitrogens is 1. The van der Waals surface area contributed by atoms with E-state index >= 15 is 0 Å². The average molecular weight is 1050 g/mol. The Morgan fingerprint density at radius 2 is 1.53 bits per heavy atom. The lowest BCUT2D eigenvalue weighted by Crippen LogP contribution is -2.25. The van der Waals surface area contributed by atoms with Gasteiger partial charge in [-0.25, -0.2) is 18.0 Å². The number of carboxylic acid groups (broad SMARTS) is 1. The molecule has 0 spiro atoms. The molecule has 1 fully saturated rings. The Bertz CT molecular complexity index is 2600. The lowest BCUT2D eigenvalue weighted by molar-refractivity contribution is -0.385. The van der Waals surface area contributed by atoms with Gasteiger partial charge in [-0.3, -0.25) is 25.0 Å². The molecule has 1 aliphatic rings. The van der Waals surface area contributed by atoms with Crippen LogP contribution in [0.4, 0.5) is 32.0 Å². The summed E-state index contributed by atoms with van der Waals surface area (Å²) in [6.45, 7) is 0.345. The van der Waals surface area contributed by atoms with Crippen molar-refractivity contribution in [3.63, 3.8) is 0 Å². The Labute approximate surface area is 390 Å². The minimum Gasteiger partial charge on any atom is -0.778 e. The number of ether oxygens (including phenoxy) is 3. The number of nitrogens with zero attached hydrogens (tertiary/aromatic N) is 2.